The third-order valence-corrected chi connectivity index (χ3v) is 9.25. The van der Waals surface area contributed by atoms with Crippen molar-refractivity contribution >= 4 is 68.3 Å². The molecule has 0 spiro atoms. The van der Waals surface area contributed by atoms with Gasteiger partial charge in [0.1, 0.15) is 11.6 Å². The Morgan fingerprint density at radius 2 is 1.84 bits per heavy atom. The van der Waals surface area contributed by atoms with Crippen LogP contribution in [0.1, 0.15) is 41.6 Å². The fraction of sp³-hybridized carbons (Fsp3) is 0.172. The molecule has 0 N–H and O–H groups in total. The topological polar surface area (TPSA) is 43.6 Å². The summed E-state index contributed by atoms with van der Waals surface area (Å²) >= 11 is 5.95. The van der Waals surface area contributed by atoms with Gasteiger partial charge in [-0.2, -0.15) is 0 Å². The standard InChI is InChI=1S/C29H21FI2N2O2S/c1-2-36-27-22(31)13-16(14-23(27)32)15-24-28(35)34-26(18-7-10-19(30)11-8-18)21-12-9-17-5-3-4-6-20(17)25(21)33-29(34)37-24/h3-8,10-11,13-15,26H,2,9,12H2,1H3/b24-15+/t26-/m1/s1. The molecule has 4 nitrogen and oxygen atoms in total. The van der Waals surface area contributed by atoms with Crippen molar-refractivity contribution in [2.45, 2.75) is 25.8 Å². The highest BCUT2D eigenvalue weighted by Gasteiger charge is 2.32. The normalized spacial score (nSPS) is 16.6. The van der Waals surface area contributed by atoms with Gasteiger partial charge in [0.2, 0.25) is 0 Å². The summed E-state index contributed by atoms with van der Waals surface area (Å²) in [5.41, 5.74) is 6.17. The van der Waals surface area contributed by atoms with Crippen LogP contribution in [0.5, 0.6) is 5.75 Å². The second kappa shape index (κ2) is 10.1. The molecule has 0 bridgehead atoms. The fourth-order valence-electron chi connectivity index (χ4n) is 5.06. The van der Waals surface area contributed by atoms with Crippen LogP contribution in [0.15, 0.2) is 76.0 Å². The van der Waals surface area contributed by atoms with E-state index < -0.39 is 0 Å². The third-order valence-electron chi connectivity index (χ3n) is 6.67. The number of allylic oxidation sites excluding steroid dienone is 1. The highest BCUT2D eigenvalue weighted by molar-refractivity contribution is 14.1. The number of ether oxygens (including phenoxy) is 1. The lowest BCUT2D eigenvalue weighted by Crippen LogP contribution is -2.38. The molecule has 8 heteroatoms. The van der Waals surface area contributed by atoms with E-state index in [0.29, 0.717) is 15.9 Å². The van der Waals surface area contributed by atoms with E-state index in [4.69, 9.17) is 9.73 Å². The average molecular weight is 734 g/mol. The molecule has 37 heavy (non-hydrogen) atoms. The van der Waals surface area contributed by atoms with E-state index in [1.54, 1.807) is 16.7 Å². The minimum Gasteiger partial charge on any atom is -0.492 e. The number of benzene rings is 3. The van der Waals surface area contributed by atoms with Gasteiger partial charge in [-0.1, -0.05) is 47.7 Å². The zero-order chi connectivity index (χ0) is 25.7. The van der Waals surface area contributed by atoms with Gasteiger partial charge in [-0.05, 0) is 118 Å². The molecule has 6 rings (SSSR count). The molecule has 186 valence electrons. The molecule has 0 fully saturated rings. The van der Waals surface area contributed by atoms with Gasteiger partial charge in [0.25, 0.3) is 5.56 Å². The monoisotopic (exact) mass is 734 g/mol. The summed E-state index contributed by atoms with van der Waals surface area (Å²) in [6.45, 7) is 2.57. The van der Waals surface area contributed by atoms with Crippen LogP contribution in [-0.2, 0) is 6.42 Å². The number of aromatic nitrogens is 1. The van der Waals surface area contributed by atoms with Gasteiger partial charge in [0.15, 0.2) is 4.80 Å². The van der Waals surface area contributed by atoms with Crippen LogP contribution in [0.4, 0.5) is 4.39 Å². The Morgan fingerprint density at radius 3 is 2.57 bits per heavy atom. The number of halogens is 3. The van der Waals surface area contributed by atoms with Gasteiger partial charge >= 0.3 is 0 Å². The molecule has 2 aliphatic rings. The van der Waals surface area contributed by atoms with Gasteiger partial charge in [0, 0.05) is 5.56 Å². The lowest BCUT2D eigenvalue weighted by Gasteiger charge is -2.30. The SMILES string of the molecule is CCOc1c(I)cc(/C=c2/sc3n(c2=O)[C@H](c2ccc(F)cc2)C2=C(N=3)c3ccccc3CC2)cc1I. The number of aryl methyl sites for hydroxylation is 1. The van der Waals surface area contributed by atoms with Crippen LogP contribution in [-0.4, -0.2) is 11.2 Å². The predicted molar refractivity (Wildman–Crippen MR) is 162 cm³/mol. The first kappa shape index (κ1) is 25.0. The third kappa shape index (κ3) is 4.50. The highest BCUT2D eigenvalue weighted by atomic mass is 127. The minimum absolute atomic E-state index is 0.0811. The van der Waals surface area contributed by atoms with Crippen molar-refractivity contribution in [3.63, 3.8) is 0 Å². The Morgan fingerprint density at radius 1 is 1.11 bits per heavy atom. The maximum Gasteiger partial charge on any atom is 0.271 e. The first-order valence-corrected chi connectivity index (χ1v) is 14.9. The molecule has 0 unspecified atom stereocenters. The number of hydrogen-bond donors (Lipinski definition) is 0. The van der Waals surface area contributed by atoms with Crippen molar-refractivity contribution in [1.29, 1.82) is 0 Å². The minimum atomic E-state index is -0.317. The summed E-state index contributed by atoms with van der Waals surface area (Å²) in [6.07, 6.45) is 3.62. The second-order valence-electron chi connectivity index (χ2n) is 8.91. The van der Waals surface area contributed by atoms with E-state index in [-0.39, 0.29) is 17.4 Å². The summed E-state index contributed by atoms with van der Waals surface area (Å²) < 4.78 is 24.0. The smallest absolute Gasteiger partial charge is 0.271 e. The van der Waals surface area contributed by atoms with Crippen molar-refractivity contribution in [2.24, 2.45) is 4.99 Å². The fourth-order valence-corrected chi connectivity index (χ4v) is 8.19. The predicted octanol–water partition coefficient (Wildman–Crippen LogP) is 6.07. The van der Waals surface area contributed by atoms with Crippen molar-refractivity contribution in [2.75, 3.05) is 6.61 Å². The molecule has 3 aromatic carbocycles. The number of rotatable bonds is 4. The average Bonchev–Trinajstić information content (AvgIpc) is 3.20. The van der Waals surface area contributed by atoms with Crippen molar-refractivity contribution in [3.8, 4) is 5.75 Å². The van der Waals surface area contributed by atoms with Gasteiger partial charge < -0.3 is 4.74 Å². The lowest BCUT2D eigenvalue weighted by atomic mass is 9.83. The molecule has 4 aromatic rings. The van der Waals surface area contributed by atoms with Crippen molar-refractivity contribution in [1.82, 2.24) is 4.57 Å². The quantitative estimate of drug-likeness (QED) is 0.240. The maximum atomic E-state index is 13.9. The van der Waals surface area contributed by atoms with Gasteiger partial charge in [-0.25, -0.2) is 9.38 Å². The Labute approximate surface area is 244 Å². The Kier molecular flexibility index (Phi) is 6.83. The van der Waals surface area contributed by atoms with Crippen LogP contribution >= 0.6 is 56.5 Å². The van der Waals surface area contributed by atoms with E-state index in [1.807, 2.05) is 31.2 Å². The number of nitrogens with zero attached hydrogens (tertiary/aromatic N) is 2. The number of hydrogen-bond acceptors (Lipinski definition) is 4. The number of fused-ring (bicyclic) bond motifs is 3. The molecule has 0 radical (unpaired) electrons. The molecule has 1 atom stereocenters. The van der Waals surface area contributed by atoms with Gasteiger partial charge in [-0.15, -0.1) is 0 Å². The summed E-state index contributed by atoms with van der Waals surface area (Å²) in [6, 6.07) is 18.6. The van der Waals surface area contributed by atoms with Crippen LogP contribution in [0.2, 0.25) is 0 Å². The zero-order valence-corrected chi connectivity index (χ0v) is 24.9. The molecule has 0 amide bonds. The van der Waals surface area contributed by atoms with E-state index in [9.17, 15) is 9.18 Å². The lowest BCUT2D eigenvalue weighted by molar-refractivity contribution is 0.335. The van der Waals surface area contributed by atoms with Gasteiger partial charge in [0.05, 0.1) is 30.0 Å². The first-order valence-electron chi connectivity index (χ1n) is 11.9. The van der Waals surface area contributed by atoms with Crippen molar-refractivity contribution < 1.29 is 9.13 Å². The van der Waals surface area contributed by atoms with Gasteiger partial charge in [-0.3, -0.25) is 9.36 Å². The molecular weight excluding hydrogens is 713 g/mol. The van der Waals surface area contributed by atoms with E-state index in [2.05, 4.69) is 63.4 Å². The second-order valence-corrected chi connectivity index (χ2v) is 12.2. The summed E-state index contributed by atoms with van der Waals surface area (Å²) in [5, 5.41) is 0. The molecule has 2 heterocycles. The van der Waals surface area contributed by atoms with E-state index in [0.717, 1.165) is 53.7 Å². The summed E-state index contributed by atoms with van der Waals surface area (Å²) in [7, 11) is 0. The van der Waals surface area contributed by atoms with Crippen LogP contribution < -0.4 is 19.6 Å². The first-order chi connectivity index (χ1) is 17.9. The largest absolute Gasteiger partial charge is 0.492 e. The Bertz CT molecular complexity index is 1730. The highest BCUT2D eigenvalue weighted by Crippen LogP contribution is 2.41. The van der Waals surface area contributed by atoms with E-state index in [1.165, 1.54) is 29.0 Å². The van der Waals surface area contributed by atoms with Crippen LogP contribution in [0.3, 0.4) is 0 Å². The van der Waals surface area contributed by atoms with Crippen molar-refractivity contribution in [3.05, 3.63) is 121 Å². The summed E-state index contributed by atoms with van der Waals surface area (Å²) in [5.74, 6) is 0.573. The Hall–Kier alpha value is -2.31. The molecule has 1 aromatic heterocycles. The Balaban J connectivity index is 1.57. The zero-order valence-electron chi connectivity index (χ0n) is 19.8. The summed E-state index contributed by atoms with van der Waals surface area (Å²) in [4.78, 5) is 19.6. The molecule has 0 saturated heterocycles. The van der Waals surface area contributed by atoms with Crippen LogP contribution in [0, 0.1) is 13.0 Å². The molecule has 1 aliphatic carbocycles. The molecule has 1 aliphatic heterocycles. The molecular formula is C29H21FI2N2O2S. The number of thiazole rings is 1. The van der Waals surface area contributed by atoms with Crippen LogP contribution in [0.25, 0.3) is 11.8 Å². The molecule has 0 saturated carbocycles. The maximum absolute atomic E-state index is 13.9. The van der Waals surface area contributed by atoms with E-state index >= 15 is 0 Å².